The lowest BCUT2D eigenvalue weighted by molar-refractivity contribution is -0.120. The van der Waals surface area contributed by atoms with E-state index in [1.165, 1.54) is 11.2 Å². The van der Waals surface area contributed by atoms with Crippen LogP contribution in [0.4, 0.5) is 5.69 Å². The van der Waals surface area contributed by atoms with Crippen LogP contribution in [-0.2, 0) is 11.3 Å². The van der Waals surface area contributed by atoms with Gasteiger partial charge in [0, 0.05) is 19.5 Å². The van der Waals surface area contributed by atoms with Gasteiger partial charge in [0.2, 0.25) is 17.6 Å². The van der Waals surface area contributed by atoms with Gasteiger partial charge in [-0.15, -0.1) is 15.3 Å². The van der Waals surface area contributed by atoms with Gasteiger partial charge in [-0.25, -0.2) is 9.67 Å². The highest BCUT2D eigenvalue weighted by molar-refractivity contribution is 6.02. The number of fused-ring (bicyclic) bond motifs is 1. The Morgan fingerprint density at radius 1 is 1.18 bits per heavy atom. The predicted octanol–water partition coefficient (Wildman–Crippen LogP) is 1.84. The maximum absolute atomic E-state index is 13.1. The molecule has 0 saturated heterocycles. The molecule has 0 fully saturated rings. The first-order valence-electron chi connectivity index (χ1n) is 10.6. The lowest BCUT2D eigenvalue weighted by Gasteiger charge is -2.20. The number of nitrogens with zero attached hydrogens (tertiary/aromatic N) is 6. The number of carbonyl (C=O) groups excluding carboxylic acids is 2. The quantitative estimate of drug-likeness (QED) is 0.479. The van der Waals surface area contributed by atoms with Crippen molar-refractivity contribution in [2.45, 2.75) is 19.5 Å². The molecule has 1 aliphatic rings. The van der Waals surface area contributed by atoms with E-state index in [4.69, 9.17) is 9.15 Å². The Morgan fingerprint density at radius 3 is 2.76 bits per heavy atom. The van der Waals surface area contributed by atoms with E-state index in [9.17, 15) is 9.59 Å². The summed E-state index contributed by atoms with van der Waals surface area (Å²) in [7, 11) is 1.62. The molecule has 0 bridgehead atoms. The Hall–Kier alpha value is -4.54. The van der Waals surface area contributed by atoms with Gasteiger partial charge in [0.15, 0.2) is 0 Å². The minimum absolute atomic E-state index is 0.0257. The number of hydrogen-bond acceptors (Lipinski definition) is 8. The highest BCUT2D eigenvalue weighted by Gasteiger charge is 2.32. The number of nitrogens with one attached hydrogen (secondary N) is 1. The maximum Gasteiger partial charge on any atom is 0.291 e. The van der Waals surface area contributed by atoms with Crippen LogP contribution in [0, 0.1) is 6.92 Å². The summed E-state index contributed by atoms with van der Waals surface area (Å²) in [6.07, 6.45) is 1.48. The molecule has 34 heavy (non-hydrogen) atoms. The number of anilines is 1. The first-order chi connectivity index (χ1) is 16.5. The zero-order valence-corrected chi connectivity index (χ0v) is 18.5. The van der Waals surface area contributed by atoms with Crippen molar-refractivity contribution in [2.75, 3.05) is 18.6 Å². The van der Waals surface area contributed by atoms with Crippen LogP contribution >= 0.6 is 0 Å². The molecule has 2 amide bonds. The third kappa shape index (κ3) is 4.22. The van der Waals surface area contributed by atoms with Crippen molar-refractivity contribution < 1.29 is 18.7 Å². The monoisotopic (exact) mass is 459 g/mol. The molecule has 0 aliphatic carbocycles. The molecule has 0 saturated carbocycles. The van der Waals surface area contributed by atoms with Gasteiger partial charge in [0.1, 0.15) is 24.7 Å². The predicted molar refractivity (Wildman–Crippen MR) is 120 cm³/mol. The minimum Gasteiger partial charge on any atom is -0.489 e. The summed E-state index contributed by atoms with van der Waals surface area (Å²) < 4.78 is 12.9. The molecule has 0 radical (unpaired) electrons. The van der Waals surface area contributed by atoms with Gasteiger partial charge in [-0.3, -0.25) is 9.59 Å². The second-order valence-corrected chi connectivity index (χ2v) is 7.79. The number of aromatic nitrogens is 5. The topological polar surface area (TPSA) is 128 Å². The SMILES string of the molecule is Cc1nnc(-c2ccc3c(c2)N(C)C(=O)[C@@H](NC(=O)c2ncn(Cc4ccccc4)n2)CO3)o1. The summed E-state index contributed by atoms with van der Waals surface area (Å²) in [6.45, 7) is 2.14. The number of benzene rings is 2. The van der Waals surface area contributed by atoms with E-state index in [1.807, 2.05) is 30.3 Å². The fourth-order valence-corrected chi connectivity index (χ4v) is 3.62. The molecular formula is C23H21N7O4. The van der Waals surface area contributed by atoms with E-state index in [0.717, 1.165) is 5.56 Å². The first-order valence-corrected chi connectivity index (χ1v) is 10.6. The zero-order valence-electron chi connectivity index (χ0n) is 18.5. The third-order valence-corrected chi connectivity index (χ3v) is 5.36. The van der Waals surface area contributed by atoms with Crippen LogP contribution in [0.25, 0.3) is 11.5 Å². The van der Waals surface area contributed by atoms with Crippen LogP contribution in [0.3, 0.4) is 0 Å². The van der Waals surface area contributed by atoms with Gasteiger partial charge in [-0.05, 0) is 23.8 Å². The average Bonchev–Trinajstić information content (AvgIpc) is 3.48. The van der Waals surface area contributed by atoms with Crippen molar-refractivity contribution in [2.24, 2.45) is 0 Å². The van der Waals surface area contributed by atoms with Crippen LogP contribution in [0.15, 0.2) is 59.3 Å². The molecule has 11 heteroatoms. The molecule has 0 unspecified atom stereocenters. The van der Waals surface area contributed by atoms with E-state index < -0.39 is 11.9 Å². The van der Waals surface area contributed by atoms with Crippen molar-refractivity contribution in [3.63, 3.8) is 0 Å². The van der Waals surface area contributed by atoms with E-state index in [0.29, 0.717) is 35.3 Å². The number of aryl methyl sites for hydroxylation is 1. The Balaban J connectivity index is 1.30. The summed E-state index contributed by atoms with van der Waals surface area (Å²) in [5.74, 6) is 0.352. The van der Waals surface area contributed by atoms with Gasteiger partial charge in [-0.1, -0.05) is 30.3 Å². The third-order valence-electron chi connectivity index (χ3n) is 5.36. The lowest BCUT2D eigenvalue weighted by Crippen LogP contribution is -2.49. The molecule has 1 aliphatic heterocycles. The van der Waals surface area contributed by atoms with Crippen LogP contribution < -0.4 is 15.0 Å². The zero-order chi connectivity index (χ0) is 23.7. The molecule has 1 N–H and O–H groups in total. The summed E-state index contributed by atoms with van der Waals surface area (Å²) in [6, 6.07) is 14.0. The summed E-state index contributed by atoms with van der Waals surface area (Å²) in [5.41, 5.74) is 2.21. The van der Waals surface area contributed by atoms with Gasteiger partial charge in [0.25, 0.3) is 11.8 Å². The van der Waals surface area contributed by atoms with Crippen molar-refractivity contribution >= 4 is 17.5 Å². The highest BCUT2D eigenvalue weighted by Crippen LogP contribution is 2.34. The van der Waals surface area contributed by atoms with E-state index in [-0.39, 0.29) is 18.3 Å². The largest absolute Gasteiger partial charge is 0.489 e. The molecular weight excluding hydrogens is 438 g/mol. The molecule has 0 spiro atoms. The standard InChI is InChI=1S/C23H21N7O4/c1-14-26-27-22(34-14)16-8-9-19-18(10-16)29(2)23(32)17(12-33-19)25-21(31)20-24-13-30(28-20)11-15-6-4-3-5-7-15/h3-10,13,17H,11-12H2,1-2H3,(H,25,31)/t17-/m0/s1. The van der Waals surface area contributed by atoms with Gasteiger partial charge in [0.05, 0.1) is 12.2 Å². The van der Waals surface area contributed by atoms with E-state index in [2.05, 4.69) is 25.6 Å². The molecule has 2 aromatic carbocycles. The molecule has 5 rings (SSSR count). The highest BCUT2D eigenvalue weighted by atomic mass is 16.5. The van der Waals surface area contributed by atoms with Gasteiger partial charge >= 0.3 is 0 Å². The van der Waals surface area contributed by atoms with Crippen molar-refractivity contribution in [3.05, 3.63) is 72.1 Å². The molecule has 172 valence electrons. The van der Waals surface area contributed by atoms with Crippen molar-refractivity contribution in [1.29, 1.82) is 0 Å². The molecule has 1 atom stereocenters. The first kappa shape index (κ1) is 21.3. The fourth-order valence-electron chi connectivity index (χ4n) is 3.62. The number of hydrogen-bond donors (Lipinski definition) is 1. The number of carbonyl (C=O) groups is 2. The normalized spacial score (nSPS) is 15.4. The van der Waals surface area contributed by atoms with E-state index in [1.54, 1.807) is 36.9 Å². The van der Waals surface area contributed by atoms with Crippen molar-refractivity contribution in [3.8, 4) is 17.2 Å². The average molecular weight is 459 g/mol. The molecule has 4 aromatic rings. The minimum atomic E-state index is -0.917. The fraction of sp³-hybridized carbons (Fsp3) is 0.217. The van der Waals surface area contributed by atoms with Crippen molar-refractivity contribution in [1.82, 2.24) is 30.3 Å². The lowest BCUT2D eigenvalue weighted by atomic mass is 10.1. The van der Waals surface area contributed by atoms with E-state index >= 15 is 0 Å². The Morgan fingerprint density at radius 2 is 2.00 bits per heavy atom. The second kappa shape index (κ2) is 8.77. The van der Waals surface area contributed by atoms with Crippen LogP contribution in [0.5, 0.6) is 5.75 Å². The maximum atomic E-state index is 13.1. The Kier molecular flexibility index (Phi) is 5.50. The van der Waals surface area contributed by atoms with Crippen LogP contribution in [0.2, 0.25) is 0 Å². The summed E-state index contributed by atoms with van der Waals surface area (Å²) in [4.78, 5) is 31.4. The summed E-state index contributed by atoms with van der Waals surface area (Å²) in [5, 5.41) is 14.8. The Labute approximate surface area is 194 Å². The second-order valence-electron chi connectivity index (χ2n) is 7.79. The smallest absolute Gasteiger partial charge is 0.291 e. The van der Waals surface area contributed by atoms with Crippen LogP contribution in [0.1, 0.15) is 22.1 Å². The number of ether oxygens (including phenoxy) is 1. The molecule has 2 aromatic heterocycles. The van der Waals surface area contributed by atoms with Gasteiger partial charge < -0.3 is 19.4 Å². The number of rotatable bonds is 5. The molecule has 11 nitrogen and oxygen atoms in total. The van der Waals surface area contributed by atoms with Crippen LogP contribution in [-0.4, -0.2) is 56.5 Å². The van der Waals surface area contributed by atoms with Gasteiger partial charge in [-0.2, -0.15) is 0 Å². The summed E-state index contributed by atoms with van der Waals surface area (Å²) >= 11 is 0. The number of amides is 2. The number of likely N-dealkylation sites (N-methyl/N-ethyl adjacent to an activating group) is 1. The molecule has 3 heterocycles. The Bertz CT molecular complexity index is 1350.